The second-order valence-electron chi connectivity index (χ2n) is 41.9. The van der Waals surface area contributed by atoms with Crippen LogP contribution in [0.3, 0.4) is 0 Å². The molecule has 6 aromatic rings. The van der Waals surface area contributed by atoms with E-state index in [-0.39, 0.29) is 70.2 Å². The molecule has 6 amide bonds. The first-order valence-corrected chi connectivity index (χ1v) is 45.4. The molecule has 12 fully saturated rings. The molecule has 16 heterocycles. The highest BCUT2D eigenvalue weighted by Gasteiger charge is 2.53. The van der Waals surface area contributed by atoms with Crippen LogP contribution >= 0.6 is 0 Å². The molecular weight excluding hydrogens is 1600 g/mol. The van der Waals surface area contributed by atoms with Gasteiger partial charge in [0.15, 0.2) is 0 Å². The molecule has 692 valence electrons. The van der Waals surface area contributed by atoms with Crippen LogP contribution < -0.4 is 61.5 Å². The average Bonchev–Trinajstić information content (AvgIpc) is 1.64. The van der Waals surface area contributed by atoms with E-state index in [0.717, 1.165) is 113 Å². The SMILES string of the molecule is C.CC(C)(C)N1C[C@@H]2C[C@H]1CN2c1ccc(C(=O)NO)cn1.CNC(=O)c1ccc(N2C[C@@H]3C[C@H]2CN3C(C)(C)C)cc1.CNC(=O)c1ccc(N2C[C@H]3C[C@@H]2CN3C(C)(C)C)cc1.CNC(=O)c1ccc(N2C[C@H]3C[C@@H]2CN3C(C)(C)C)nc1.CNC(=O)c1cnc(N2C[C@@H]3C[C@H]2CN3C(C)(C)C)nc1.CNC(=O)c1cnc(N2C[C@H]3C[C@@H]2CN3C(C)(C)C)nc1. The zero-order valence-corrected chi connectivity index (χ0v) is 79.0. The first kappa shape index (κ1) is 96.3. The number of carbonyl (C=O) groups excluding carboxylic acids is 6. The van der Waals surface area contributed by atoms with Gasteiger partial charge < -0.3 is 56.0 Å². The van der Waals surface area contributed by atoms with E-state index in [1.54, 1.807) is 77.8 Å². The monoisotopic (exact) mass is 1750 g/mol. The summed E-state index contributed by atoms with van der Waals surface area (Å²) >= 11 is 0. The summed E-state index contributed by atoms with van der Waals surface area (Å²) in [6, 6.07) is 30.3. The van der Waals surface area contributed by atoms with Crippen LogP contribution in [0.4, 0.5) is 34.9 Å². The molecule has 0 aliphatic carbocycles. The number of hydroxylamine groups is 1. The van der Waals surface area contributed by atoms with Crippen molar-refractivity contribution < 1.29 is 34.0 Å². The summed E-state index contributed by atoms with van der Waals surface area (Å²) in [4.78, 5) is 125. The zero-order valence-electron chi connectivity index (χ0n) is 79.0. The number of piperazine rings is 6. The Morgan fingerprint density at radius 2 is 0.465 bits per heavy atom. The van der Waals surface area contributed by atoms with E-state index in [2.05, 4.69) is 264 Å². The predicted octanol–water partition coefficient (Wildman–Crippen LogP) is 9.41. The van der Waals surface area contributed by atoms with Crippen LogP contribution in [0, 0.1) is 0 Å². The number of nitrogens with zero attached hydrogens (tertiary/aromatic N) is 18. The topological polar surface area (TPSA) is 311 Å². The van der Waals surface area contributed by atoms with E-state index in [9.17, 15) is 28.8 Å². The molecule has 4 aromatic heterocycles. The van der Waals surface area contributed by atoms with Crippen molar-refractivity contribution >= 4 is 70.4 Å². The molecule has 31 nitrogen and oxygen atoms in total. The van der Waals surface area contributed by atoms with E-state index in [4.69, 9.17) is 5.21 Å². The molecule has 12 aliphatic heterocycles. The van der Waals surface area contributed by atoms with Crippen LogP contribution in [-0.4, -0.2) is 319 Å². The Labute approximate surface area is 754 Å². The third-order valence-corrected chi connectivity index (χ3v) is 27.7. The second-order valence-corrected chi connectivity index (χ2v) is 41.9. The number of carbonyl (C=O) groups is 6. The second kappa shape index (κ2) is 38.5. The number of pyridine rings is 2. The summed E-state index contributed by atoms with van der Waals surface area (Å²) in [6.45, 7) is 53.8. The number of aromatic nitrogens is 6. The van der Waals surface area contributed by atoms with E-state index in [0.29, 0.717) is 94.8 Å². The largest absolute Gasteiger partial charge is 0.366 e. The summed E-state index contributed by atoms with van der Waals surface area (Å²) in [6.07, 6.45) is 16.9. The maximum Gasteiger partial charge on any atom is 0.276 e. The minimum Gasteiger partial charge on any atom is -0.366 e. The smallest absolute Gasteiger partial charge is 0.276 e. The fourth-order valence-electron chi connectivity index (χ4n) is 21.6. The third-order valence-electron chi connectivity index (χ3n) is 27.7. The molecule has 12 saturated heterocycles. The third kappa shape index (κ3) is 21.4. The molecule has 0 unspecified atom stereocenters. The number of benzene rings is 2. The molecule has 18 rings (SSSR count). The van der Waals surface area contributed by atoms with E-state index < -0.39 is 5.91 Å². The van der Waals surface area contributed by atoms with Crippen molar-refractivity contribution in [2.24, 2.45) is 0 Å². The summed E-state index contributed by atoms with van der Waals surface area (Å²) in [5, 5.41) is 21.7. The Morgan fingerprint density at radius 1 is 0.260 bits per heavy atom. The van der Waals surface area contributed by atoms with Crippen LogP contribution in [0.1, 0.15) is 233 Å². The zero-order chi connectivity index (χ0) is 91.2. The van der Waals surface area contributed by atoms with Crippen molar-refractivity contribution in [3.8, 4) is 0 Å². The minimum atomic E-state index is -0.532. The fourth-order valence-corrected chi connectivity index (χ4v) is 21.6. The van der Waals surface area contributed by atoms with Gasteiger partial charge in [0.2, 0.25) is 11.9 Å². The van der Waals surface area contributed by atoms with Gasteiger partial charge in [-0.15, -0.1) is 0 Å². The van der Waals surface area contributed by atoms with Crippen LogP contribution in [0.2, 0.25) is 0 Å². The van der Waals surface area contributed by atoms with Crippen LogP contribution in [0.25, 0.3) is 0 Å². The summed E-state index contributed by atoms with van der Waals surface area (Å²) in [5.41, 5.74) is 8.93. The van der Waals surface area contributed by atoms with Crippen LogP contribution in [0.15, 0.2) is 110 Å². The lowest BCUT2D eigenvalue weighted by Gasteiger charge is -2.42. The van der Waals surface area contributed by atoms with Gasteiger partial charge in [0, 0.05) is 279 Å². The van der Waals surface area contributed by atoms with Gasteiger partial charge >= 0.3 is 0 Å². The molecule has 31 heteroatoms. The Bertz CT molecular complexity index is 3980. The Balaban J connectivity index is 0.000000138. The lowest BCUT2D eigenvalue weighted by atomic mass is 10.0. The van der Waals surface area contributed by atoms with Gasteiger partial charge in [-0.3, -0.25) is 63.4 Å². The van der Waals surface area contributed by atoms with Gasteiger partial charge in [0.1, 0.15) is 11.6 Å². The molecular formula is C96H146N24O7. The highest BCUT2D eigenvalue weighted by atomic mass is 16.5. The highest BCUT2D eigenvalue weighted by Crippen LogP contribution is 2.44. The van der Waals surface area contributed by atoms with Gasteiger partial charge in [0.25, 0.3) is 35.4 Å². The van der Waals surface area contributed by atoms with Gasteiger partial charge in [-0.25, -0.2) is 35.4 Å². The predicted molar refractivity (Wildman–Crippen MR) is 504 cm³/mol. The van der Waals surface area contributed by atoms with Gasteiger partial charge in [0.05, 0.1) is 22.3 Å². The van der Waals surface area contributed by atoms with Crippen molar-refractivity contribution in [2.75, 3.05) is 143 Å². The van der Waals surface area contributed by atoms with Crippen molar-refractivity contribution in [3.05, 3.63) is 143 Å². The van der Waals surface area contributed by atoms with Crippen molar-refractivity contribution in [1.82, 2.24) is 91.4 Å². The van der Waals surface area contributed by atoms with Gasteiger partial charge in [-0.2, -0.15) is 0 Å². The highest BCUT2D eigenvalue weighted by molar-refractivity contribution is 5.96. The number of rotatable bonds is 12. The Hall–Kier alpha value is -9.76. The standard InChI is InChI=1S/2C17H25N3O.C16H24N4O.2C15H23N5O.C15H22N4O2.CH4/c2*1-17(2,3)20-11-14-9-15(20)10-19(14)13-7-5-12(6-8-13)16(21)18-4;1-16(2,3)20-10-12-7-13(20)9-19(12)14-6-5-11(8-18-14)15(21)17-4;2*1-15(2,3)20-9-11-5-12(20)8-19(11)14-17-6-10(7-18-14)13(21)16-4;1-15(2,3)19-9-11-6-12(19)8-18(11)13-5-4-10(7-16-13)14(20)17-21;/h2*5-8,14-15H,9-11H2,1-4H3,(H,18,21);5-6,8,12-13H,7,9-10H2,1-4H3,(H,17,21);2*6-7,11-12H,5,8-9H2,1-4H3,(H,16,21);4-5,7,11-12,21H,6,8-9H2,1-3H3,(H,17,20);1H4/t2*14-,15-;12-,13-;3*11-,12-;/m101100./s1. The number of anilines is 6. The van der Waals surface area contributed by atoms with Gasteiger partial charge in [-0.05, 0) is 236 Å². The van der Waals surface area contributed by atoms with Crippen molar-refractivity contribution in [1.29, 1.82) is 0 Å². The number of fused-ring (bicyclic) bond motifs is 12. The number of hydrogen-bond acceptors (Lipinski definition) is 25. The normalized spacial score (nSPS) is 25.2. The number of hydrogen-bond donors (Lipinski definition) is 7. The number of likely N-dealkylation sites (tertiary alicyclic amines) is 6. The minimum absolute atomic E-state index is 0. The van der Waals surface area contributed by atoms with E-state index in [1.807, 2.05) is 42.5 Å². The molecule has 127 heavy (non-hydrogen) atoms. The number of amides is 6. The van der Waals surface area contributed by atoms with Crippen molar-refractivity contribution in [3.63, 3.8) is 0 Å². The first-order chi connectivity index (χ1) is 59.4. The molecule has 12 atom stereocenters. The molecule has 7 N–H and O–H groups in total. The molecule has 0 spiro atoms. The Morgan fingerprint density at radius 3 is 0.669 bits per heavy atom. The maximum atomic E-state index is 11.6. The molecule has 0 radical (unpaired) electrons. The lowest BCUT2D eigenvalue weighted by Crippen LogP contribution is -2.53. The molecule has 12 aliphatic rings. The van der Waals surface area contributed by atoms with E-state index >= 15 is 0 Å². The lowest BCUT2D eigenvalue weighted by molar-refractivity contribution is 0.0705. The Kier molecular flexibility index (Phi) is 29.2. The summed E-state index contributed by atoms with van der Waals surface area (Å²) in [7, 11) is 8.18. The summed E-state index contributed by atoms with van der Waals surface area (Å²) < 4.78 is 0. The van der Waals surface area contributed by atoms with Crippen molar-refractivity contribution in [2.45, 2.75) is 276 Å². The van der Waals surface area contributed by atoms with E-state index in [1.165, 1.54) is 56.1 Å². The molecule has 12 bridgehead atoms. The molecule has 0 saturated carbocycles. The fraction of sp³-hybridized carbons (Fsp3) is 0.625. The maximum absolute atomic E-state index is 11.6. The van der Waals surface area contributed by atoms with Gasteiger partial charge in [-0.1, -0.05) is 7.43 Å². The van der Waals surface area contributed by atoms with Crippen LogP contribution in [-0.2, 0) is 0 Å². The molecule has 2 aromatic carbocycles. The quantitative estimate of drug-likeness (QED) is 0.0443. The average molecular weight is 1750 g/mol. The van der Waals surface area contributed by atoms with Crippen LogP contribution in [0.5, 0.6) is 0 Å². The first-order valence-electron chi connectivity index (χ1n) is 45.4. The summed E-state index contributed by atoms with van der Waals surface area (Å²) in [5.74, 6) is 2.41. The number of nitrogens with one attached hydrogen (secondary N) is 6.